The lowest BCUT2D eigenvalue weighted by atomic mass is 10.1. The Labute approximate surface area is 106 Å². The molecule has 98 valence electrons. The molecule has 1 unspecified atom stereocenters. The Balaban J connectivity index is 2.32. The molecule has 0 aliphatic heterocycles. The van der Waals surface area contributed by atoms with Crippen molar-refractivity contribution in [2.75, 3.05) is 6.54 Å². The van der Waals surface area contributed by atoms with E-state index in [0.717, 1.165) is 5.69 Å². The van der Waals surface area contributed by atoms with Crippen LogP contribution in [0.5, 0.6) is 0 Å². The van der Waals surface area contributed by atoms with E-state index in [0.29, 0.717) is 24.9 Å². The summed E-state index contributed by atoms with van der Waals surface area (Å²) in [7, 11) is 0. The van der Waals surface area contributed by atoms with Crippen LogP contribution in [-0.2, 0) is 4.79 Å². The zero-order chi connectivity index (χ0) is 13.5. The topological polar surface area (TPSA) is 79.3 Å². The highest BCUT2D eigenvalue weighted by Crippen LogP contribution is 2.05. The molecule has 1 atom stereocenters. The van der Waals surface area contributed by atoms with Crippen LogP contribution in [0.4, 0.5) is 0 Å². The summed E-state index contributed by atoms with van der Waals surface area (Å²) in [5.74, 6) is -1.32. The van der Waals surface area contributed by atoms with Crippen molar-refractivity contribution in [1.29, 1.82) is 0 Å². The summed E-state index contributed by atoms with van der Waals surface area (Å²) in [6, 6.07) is 3.37. The molecular weight excluding hydrogens is 232 g/mol. The molecule has 1 heterocycles. The first-order chi connectivity index (χ1) is 8.50. The third kappa shape index (κ3) is 4.53. The Kier molecular flexibility index (Phi) is 5.30. The second-order valence-electron chi connectivity index (χ2n) is 4.32. The monoisotopic (exact) mass is 250 g/mol. The van der Waals surface area contributed by atoms with Gasteiger partial charge >= 0.3 is 5.97 Å². The summed E-state index contributed by atoms with van der Waals surface area (Å²) in [6.45, 7) is 3.97. The highest BCUT2D eigenvalue weighted by Gasteiger charge is 2.10. The zero-order valence-electron chi connectivity index (χ0n) is 10.6. The smallest absolute Gasteiger partial charge is 0.306 e. The number of hydrogen-bond acceptors (Lipinski definition) is 3. The van der Waals surface area contributed by atoms with Crippen molar-refractivity contribution in [2.45, 2.75) is 26.7 Å². The van der Waals surface area contributed by atoms with Gasteiger partial charge < -0.3 is 10.4 Å². The zero-order valence-corrected chi connectivity index (χ0v) is 10.6. The van der Waals surface area contributed by atoms with E-state index in [4.69, 9.17) is 5.11 Å². The summed E-state index contributed by atoms with van der Waals surface area (Å²) < 4.78 is 0. The van der Waals surface area contributed by atoms with E-state index in [1.54, 1.807) is 25.3 Å². The fraction of sp³-hybridized carbons (Fsp3) is 0.462. The molecule has 0 aliphatic carbocycles. The predicted molar refractivity (Wildman–Crippen MR) is 67.3 cm³/mol. The van der Waals surface area contributed by atoms with Gasteiger partial charge in [-0.25, -0.2) is 0 Å². The number of aromatic nitrogens is 1. The summed E-state index contributed by atoms with van der Waals surface area (Å²) in [5.41, 5.74) is 1.37. The number of carboxylic acid groups (broad SMARTS) is 1. The number of carboxylic acids is 1. The van der Waals surface area contributed by atoms with Crippen LogP contribution in [0.2, 0.25) is 0 Å². The molecule has 2 N–H and O–H groups in total. The highest BCUT2D eigenvalue weighted by atomic mass is 16.4. The number of pyridine rings is 1. The lowest BCUT2D eigenvalue weighted by Gasteiger charge is -2.07. The molecule has 5 nitrogen and oxygen atoms in total. The molecule has 1 rings (SSSR count). The average molecular weight is 250 g/mol. The predicted octanol–water partition coefficient (Wildman–Crippen LogP) is 1.62. The minimum Gasteiger partial charge on any atom is -0.481 e. The molecule has 0 radical (unpaired) electrons. The van der Waals surface area contributed by atoms with Gasteiger partial charge in [0.05, 0.1) is 5.92 Å². The van der Waals surface area contributed by atoms with Gasteiger partial charge in [0.15, 0.2) is 0 Å². The maximum atomic E-state index is 11.7. The van der Waals surface area contributed by atoms with Crippen molar-refractivity contribution >= 4 is 11.9 Å². The van der Waals surface area contributed by atoms with E-state index in [1.807, 2.05) is 6.92 Å². The Hall–Kier alpha value is -1.91. The van der Waals surface area contributed by atoms with Crippen molar-refractivity contribution in [3.8, 4) is 0 Å². The van der Waals surface area contributed by atoms with Crippen LogP contribution < -0.4 is 5.32 Å². The van der Waals surface area contributed by atoms with Gasteiger partial charge in [-0.05, 0) is 31.9 Å². The number of amides is 1. The molecule has 18 heavy (non-hydrogen) atoms. The quantitative estimate of drug-likeness (QED) is 0.752. The van der Waals surface area contributed by atoms with Gasteiger partial charge in [0.1, 0.15) is 0 Å². The molecule has 1 aromatic heterocycles. The Bertz CT molecular complexity index is 432. The first-order valence-corrected chi connectivity index (χ1v) is 5.94. The van der Waals surface area contributed by atoms with E-state index in [1.165, 1.54) is 0 Å². The summed E-state index contributed by atoms with van der Waals surface area (Å²) in [6.07, 6.45) is 2.81. The molecule has 1 aromatic rings. The van der Waals surface area contributed by atoms with E-state index in [9.17, 15) is 9.59 Å². The number of hydrogen-bond donors (Lipinski definition) is 2. The third-order valence-electron chi connectivity index (χ3n) is 2.68. The minimum atomic E-state index is -0.800. The van der Waals surface area contributed by atoms with E-state index in [-0.39, 0.29) is 11.8 Å². The van der Waals surface area contributed by atoms with Crippen molar-refractivity contribution < 1.29 is 14.7 Å². The molecule has 0 aromatic carbocycles. The summed E-state index contributed by atoms with van der Waals surface area (Å²) >= 11 is 0. The maximum absolute atomic E-state index is 11.7. The molecule has 1 amide bonds. The minimum absolute atomic E-state index is 0.150. The number of carbonyl (C=O) groups excluding carboxylic acids is 1. The number of rotatable bonds is 6. The molecule has 0 aliphatic rings. The standard InChI is InChI=1S/C13H18N2O3/c1-9(13(17)18)4-3-6-15-12(16)11-5-7-14-10(2)8-11/h5,7-9H,3-4,6H2,1-2H3,(H,15,16)(H,17,18). The van der Waals surface area contributed by atoms with Gasteiger partial charge in [0.2, 0.25) is 0 Å². The average Bonchev–Trinajstić information content (AvgIpc) is 2.33. The normalized spacial score (nSPS) is 11.9. The van der Waals surface area contributed by atoms with Gasteiger partial charge in [-0.15, -0.1) is 0 Å². The van der Waals surface area contributed by atoms with E-state index < -0.39 is 5.97 Å². The fourth-order valence-corrected chi connectivity index (χ4v) is 1.52. The lowest BCUT2D eigenvalue weighted by Crippen LogP contribution is -2.25. The number of aryl methyl sites for hydroxylation is 1. The molecule has 0 fully saturated rings. The largest absolute Gasteiger partial charge is 0.481 e. The lowest BCUT2D eigenvalue weighted by molar-refractivity contribution is -0.141. The van der Waals surface area contributed by atoms with Gasteiger partial charge in [-0.2, -0.15) is 0 Å². The van der Waals surface area contributed by atoms with Crippen LogP contribution in [0.1, 0.15) is 35.8 Å². The molecular formula is C13H18N2O3. The van der Waals surface area contributed by atoms with E-state index in [2.05, 4.69) is 10.3 Å². The number of aliphatic carboxylic acids is 1. The Morgan fingerprint density at radius 3 is 2.83 bits per heavy atom. The third-order valence-corrected chi connectivity index (χ3v) is 2.68. The van der Waals surface area contributed by atoms with Gasteiger partial charge in [-0.1, -0.05) is 6.92 Å². The van der Waals surface area contributed by atoms with Crippen LogP contribution in [0.15, 0.2) is 18.3 Å². The van der Waals surface area contributed by atoms with Crippen molar-refractivity contribution in [2.24, 2.45) is 5.92 Å². The molecule has 0 saturated heterocycles. The number of nitrogens with one attached hydrogen (secondary N) is 1. The first-order valence-electron chi connectivity index (χ1n) is 5.94. The van der Waals surface area contributed by atoms with Gasteiger partial charge in [0.25, 0.3) is 5.91 Å². The SMILES string of the molecule is Cc1cc(C(=O)NCCCC(C)C(=O)O)ccn1. The van der Waals surface area contributed by atoms with Crippen LogP contribution in [0.3, 0.4) is 0 Å². The van der Waals surface area contributed by atoms with E-state index >= 15 is 0 Å². The highest BCUT2D eigenvalue weighted by molar-refractivity contribution is 5.94. The summed E-state index contributed by atoms with van der Waals surface area (Å²) in [4.78, 5) is 26.3. The molecule has 0 bridgehead atoms. The van der Waals surface area contributed by atoms with Gasteiger partial charge in [0, 0.05) is 24.0 Å². The van der Waals surface area contributed by atoms with Crippen LogP contribution in [-0.4, -0.2) is 28.5 Å². The Morgan fingerprint density at radius 2 is 2.22 bits per heavy atom. The number of carbonyl (C=O) groups is 2. The molecule has 0 saturated carbocycles. The number of nitrogens with zero attached hydrogens (tertiary/aromatic N) is 1. The molecule has 0 spiro atoms. The second kappa shape index (κ2) is 6.74. The Morgan fingerprint density at radius 1 is 1.50 bits per heavy atom. The van der Waals surface area contributed by atoms with Crippen LogP contribution >= 0.6 is 0 Å². The molecule has 5 heteroatoms. The van der Waals surface area contributed by atoms with Crippen molar-refractivity contribution in [3.63, 3.8) is 0 Å². The first kappa shape index (κ1) is 14.2. The van der Waals surface area contributed by atoms with Crippen molar-refractivity contribution in [1.82, 2.24) is 10.3 Å². The van der Waals surface area contributed by atoms with Crippen molar-refractivity contribution in [3.05, 3.63) is 29.6 Å². The maximum Gasteiger partial charge on any atom is 0.306 e. The van der Waals surface area contributed by atoms with Crippen LogP contribution in [0, 0.1) is 12.8 Å². The second-order valence-corrected chi connectivity index (χ2v) is 4.32. The van der Waals surface area contributed by atoms with Gasteiger partial charge in [-0.3, -0.25) is 14.6 Å². The fourth-order valence-electron chi connectivity index (χ4n) is 1.52. The van der Waals surface area contributed by atoms with Crippen LogP contribution in [0.25, 0.3) is 0 Å². The summed E-state index contributed by atoms with van der Waals surface area (Å²) in [5, 5.41) is 11.5.